The van der Waals surface area contributed by atoms with Gasteiger partial charge < -0.3 is 10.5 Å². The molecule has 0 aliphatic carbocycles. The zero-order chi connectivity index (χ0) is 12.5. The van der Waals surface area contributed by atoms with Gasteiger partial charge in [0, 0.05) is 24.4 Å². The summed E-state index contributed by atoms with van der Waals surface area (Å²) in [5.41, 5.74) is 9.65. The molecule has 4 heteroatoms. The molecule has 0 saturated carbocycles. The van der Waals surface area contributed by atoms with Crippen molar-refractivity contribution in [2.24, 2.45) is 12.8 Å². The smallest absolute Gasteiger partial charge is 0.127 e. The molecule has 1 aromatic heterocycles. The predicted octanol–water partition coefficient (Wildman–Crippen LogP) is 1.79. The molecule has 2 heterocycles. The molecule has 2 aromatic rings. The van der Waals surface area contributed by atoms with Crippen molar-refractivity contribution >= 4 is 0 Å². The number of benzene rings is 1. The molecule has 1 aromatic carbocycles. The van der Waals surface area contributed by atoms with Crippen LogP contribution in [0.2, 0.25) is 0 Å². The molecule has 3 rings (SSSR count). The van der Waals surface area contributed by atoms with E-state index in [4.69, 9.17) is 10.5 Å². The fourth-order valence-corrected chi connectivity index (χ4v) is 2.44. The normalized spacial score (nSPS) is 15.9. The van der Waals surface area contributed by atoms with E-state index in [2.05, 4.69) is 17.2 Å². The summed E-state index contributed by atoms with van der Waals surface area (Å²) in [6.45, 7) is 0.782. The highest BCUT2D eigenvalue weighted by molar-refractivity contribution is 5.47. The topological polar surface area (TPSA) is 53.1 Å². The van der Waals surface area contributed by atoms with Crippen molar-refractivity contribution in [1.82, 2.24) is 9.78 Å². The number of hydrogen-bond acceptors (Lipinski definition) is 3. The van der Waals surface area contributed by atoms with Crippen LogP contribution in [0, 0.1) is 0 Å². The monoisotopic (exact) mass is 243 g/mol. The van der Waals surface area contributed by atoms with Gasteiger partial charge >= 0.3 is 0 Å². The maximum absolute atomic E-state index is 6.32. The number of aryl methyl sites for hydroxylation is 2. The van der Waals surface area contributed by atoms with E-state index in [1.807, 2.05) is 25.5 Å². The zero-order valence-corrected chi connectivity index (χ0v) is 10.5. The summed E-state index contributed by atoms with van der Waals surface area (Å²) in [7, 11) is 1.90. The maximum Gasteiger partial charge on any atom is 0.127 e. The number of fused-ring (bicyclic) bond motifs is 1. The van der Waals surface area contributed by atoms with Crippen molar-refractivity contribution in [3.05, 3.63) is 47.3 Å². The Morgan fingerprint density at radius 2 is 2.33 bits per heavy atom. The zero-order valence-electron chi connectivity index (χ0n) is 10.5. The number of ether oxygens (including phenoxy) is 1. The van der Waals surface area contributed by atoms with Crippen LogP contribution in [-0.4, -0.2) is 16.4 Å². The van der Waals surface area contributed by atoms with Crippen LogP contribution in [0.25, 0.3) is 0 Å². The lowest BCUT2D eigenvalue weighted by molar-refractivity contribution is 0.284. The minimum absolute atomic E-state index is 0.174. The molecule has 1 aliphatic heterocycles. The highest BCUT2D eigenvalue weighted by atomic mass is 16.5. The third-order valence-electron chi connectivity index (χ3n) is 3.38. The van der Waals surface area contributed by atoms with Crippen molar-refractivity contribution in [1.29, 1.82) is 0 Å². The van der Waals surface area contributed by atoms with E-state index in [1.165, 1.54) is 5.56 Å². The fourth-order valence-electron chi connectivity index (χ4n) is 2.44. The quantitative estimate of drug-likeness (QED) is 0.875. The van der Waals surface area contributed by atoms with Gasteiger partial charge in [-0.3, -0.25) is 4.68 Å². The third-order valence-corrected chi connectivity index (χ3v) is 3.38. The molecule has 4 nitrogen and oxygen atoms in total. The summed E-state index contributed by atoms with van der Waals surface area (Å²) in [5, 5.41) is 4.17. The lowest BCUT2D eigenvalue weighted by atomic mass is 9.96. The molecule has 0 radical (unpaired) electrons. The molecule has 1 unspecified atom stereocenters. The maximum atomic E-state index is 6.32. The van der Waals surface area contributed by atoms with Crippen LogP contribution in [0.5, 0.6) is 5.75 Å². The van der Waals surface area contributed by atoms with Crippen LogP contribution in [0.15, 0.2) is 30.6 Å². The molecule has 1 aliphatic rings. The van der Waals surface area contributed by atoms with Gasteiger partial charge in [0.2, 0.25) is 0 Å². The first-order valence-corrected chi connectivity index (χ1v) is 6.24. The van der Waals surface area contributed by atoms with E-state index >= 15 is 0 Å². The minimum atomic E-state index is -0.174. The second kappa shape index (κ2) is 4.46. The summed E-state index contributed by atoms with van der Waals surface area (Å²) in [5.74, 6) is 0.972. The first-order valence-electron chi connectivity index (χ1n) is 6.24. The molecule has 1 atom stereocenters. The number of hydrogen-bond donors (Lipinski definition) is 1. The van der Waals surface area contributed by atoms with Crippen LogP contribution in [0.4, 0.5) is 0 Å². The van der Waals surface area contributed by atoms with Crippen LogP contribution in [-0.2, 0) is 13.5 Å². The summed E-state index contributed by atoms with van der Waals surface area (Å²) in [6, 6.07) is 6.04. The van der Waals surface area contributed by atoms with E-state index in [1.54, 1.807) is 4.68 Å². The minimum Gasteiger partial charge on any atom is -0.493 e. The predicted molar refractivity (Wildman–Crippen MR) is 69.5 cm³/mol. The molecular formula is C14H17N3O. The molecule has 0 bridgehead atoms. The van der Waals surface area contributed by atoms with Crippen molar-refractivity contribution in [2.75, 3.05) is 6.61 Å². The Hall–Kier alpha value is -1.81. The van der Waals surface area contributed by atoms with Gasteiger partial charge in [0.15, 0.2) is 0 Å². The summed E-state index contributed by atoms with van der Waals surface area (Å²) in [6.07, 6.45) is 5.92. The van der Waals surface area contributed by atoms with Gasteiger partial charge in [0.05, 0.1) is 18.8 Å². The van der Waals surface area contributed by atoms with E-state index in [0.717, 1.165) is 36.3 Å². The van der Waals surface area contributed by atoms with Gasteiger partial charge in [-0.05, 0) is 18.4 Å². The molecule has 0 fully saturated rings. The largest absolute Gasteiger partial charge is 0.493 e. The fraction of sp³-hybridized carbons (Fsp3) is 0.357. The Bertz CT molecular complexity index is 562. The lowest BCUT2D eigenvalue weighted by Crippen LogP contribution is -2.17. The Kier molecular flexibility index (Phi) is 2.80. The molecule has 0 amide bonds. The number of para-hydroxylation sites is 1. The molecule has 0 spiro atoms. The van der Waals surface area contributed by atoms with E-state index < -0.39 is 0 Å². The van der Waals surface area contributed by atoms with Crippen LogP contribution >= 0.6 is 0 Å². The third kappa shape index (κ3) is 1.88. The lowest BCUT2D eigenvalue weighted by Gasteiger charge is -2.22. The average molecular weight is 243 g/mol. The first-order chi connectivity index (χ1) is 8.75. The van der Waals surface area contributed by atoms with Gasteiger partial charge in [0.1, 0.15) is 5.75 Å². The van der Waals surface area contributed by atoms with Crippen molar-refractivity contribution in [3.8, 4) is 5.75 Å². The molecule has 2 N–H and O–H groups in total. The highest BCUT2D eigenvalue weighted by Gasteiger charge is 2.20. The standard InChI is InChI=1S/C14H17N3O/c1-17-9-11(8-16-17)13(15)12-6-2-4-10-5-3-7-18-14(10)12/h2,4,6,8-9,13H,3,5,7,15H2,1H3. The summed E-state index contributed by atoms with van der Waals surface area (Å²) in [4.78, 5) is 0. The Labute approximate surface area is 106 Å². The van der Waals surface area contributed by atoms with Crippen molar-refractivity contribution in [3.63, 3.8) is 0 Å². The van der Waals surface area contributed by atoms with Gasteiger partial charge in [-0.25, -0.2) is 0 Å². The number of rotatable bonds is 2. The number of nitrogens with zero attached hydrogens (tertiary/aromatic N) is 2. The van der Waals surface area contributed by atoms with E-state index in [-0.39, 0.29) is 6.04 Å². The second-order valence-electron chi connectivity index (χ2n) is 4.71. The SMILES string of the molecule is Cn1cc(C(N)c2cccc3c2OCCC3)cn1. The Morgan fingerprint density at radius 3 is 3.11 bits per heavy atom. The van der Waals surface area contributed by atoms with Crippen LogP contribution in [0.1, 0.15) is 29.2 Å². The van der Waals surface area contributed by atoms with Crippen LogP contribution in [0.3, 0.4) is 0 Å². The Balaban J connectivity index is 2.01. The number of aromatic nitrogens is 2. The van der Waals surface area contributed by atoms with Crippen LogP contribution < -0.4 is 10.5 Å². The average Bonchev–Trinajstić information content (AvgIpc) is 2.84. The summed E-state index contributed by atoms with van der Waals surface area (Å²) >= 11 is 0. The second-order valence-corrected chi connectivity index (χ2v) is 4.71. The summed E-state index contributed by atoms with van der Waals surface area (Å²) < 4.78 is 7.57. The van der Waals surface area contributed by atoms with Gasteiger partial charge in [-0.2, -0.15) is 5.10 Å². The first kappa shape index (κ1) is 11.3. The number of nitrogens with two attached hydrogens (primary N) is 1. The van der Waals surface area contributed by atoms with Crippen molar-refractivity contribution in [2.45, 2.75) is 18.9 Å². The van der Waals surface area contributed by atoms with Gasteiger partial charge in [0.25, 0.3) is 0 Å². The molecule has 0 saturated heterocycles. The molecule has 18 heavy (non-hydrogen) atoms. The van der Waals surface area contributed by atoms with Gasteiger partial charge in [-0.15, -0.1) is 0 Å². The highest BCUT2D eigenvalue weighted by Crippen LogP contribution is 2.34. The van der Waals surface area contributed by atoms with E-state index in [0.29, 0.717) is 0 Å². The van der Waals surface area contributed by atoms with E-state index in [9.17, 15) is 0 Å². The van der Waals surface area contributed by atoms with Gasteiger partial charge in [-0.1, -0.05) is 18.2 Å². The molecule has 94 valence electrons. The van der Waals surface area contributed by atoms with Crippen molar-refractivity contribution < 1.29 is 4.74 Å². The molecular weight excluding hydrogens is 226 g/mol. The Morgan fingerprint density at radius 1 is 1.44 bits per heavy atom.